The van der Waals surface area contributed by atoms with Crippen molar-refractivity contribution < 1.29 is 14.6 Å². The minimum Gasteiger partial charge on any atom is -0.489 e. The Kier molecular flexibility index (Phi) is 5.04. The van der Waals surface area contributed by atoms with E-state index in [1.807, 2.05) is 13.8 Å². The second-order valence-corrected chi connectivity index (χ2v) is 4.39. The summed E-state index contributed by atoms with van der Waals surface area (Å²) in [7, 11) is 0. The Hall–Kier alpha value is -1.48. The fourth-order valence-corrected chi connectivity index (χ4v) is 1.36. The number of carbonyl (C=O) groups is 1. The standard InChI is InChI=1S/C13H15ClO3/c1-9(2)10(7-13(15)16)8-17-12-5-3-11(14)4-6-12/h3-7,9H,8H2,1-2H3,(H,15,16)/b10-7-. The van der Waals surface area contributed by atoms with Crippen molar-refractivity contribution in [1.29, 1.82) is 0 Å². The third-order valence-corrected chi connectivity index (χ3v) is 2.52. The Bertz CT molecular complexity index is 407. The Morgan fingerprint density at radius 3 is 2.47 bits per heavy atom. The van der Waals surface area contributed by atoms with E-state index in [0.29, 0.717) is 10.8 Å². The highest BCUT2D eigenvalue weighted by Gasteiger charge is 2.06. The average Bonchev–Trinajstić information content (AvgIpc) is 2.25. The van der Waals surface area contributed by atoms with Gasteiger partial charge in [-0.15, -0.1) is 0 Å². The van der Waals surface area contributed by atoms with Crippen molar-refractivity contribution in [1.82, 2.24) is 0 Å². The van der Waals surface area contributed by atoms with E-state index in [1.54, 1.807) is 24.3 Å². The number of hydrogen-bond acceptors (Lipinski definition) is 2. The van der Waals surface area contributed by atoms with Crippen LogP contribution in [0.5, 0.6) is 5.75 Å². The first-order chi connectivity index (χ1) is 7.99. The van der Waals surface area contributed by atoms with Gasteiger partial charge in [0.05, 0.1) is 0 Å². The smallest absolute Gasteiger partial charge is 0.328 e. The summed E-state index contributed by atoms with van der Waals surface area (Å²) in [5, 5.41) is 9.36. The number of carboxylic acids is 1. The van der Waals surface area contributed by atoms with Crippen molar-refractivity contribution in [3.63, 3.8) is 0 Å². The lowest BCUT2D eigenvalue weighted by Crippen LogP contribution is -2.08. The predicted octanol–water partition coefficient (Wildman–Crippen LogP) is 3.39. The molecule has 1 aromatic rings. The fraction of sp³-hybridized carbons (Fsp3) is 0.308. The first kappa shape index (κ1) is 13.6. The SMILES string of the molecule is CC(C)/C(=C\C(=O)O)COc1ccc(Cl)cc1. The molecule has 0 atom stereocenters. The lowest BCUT2D eigenvalue weighted by Gasteiger charge is -2.12. The molecule has 1 rings (SSSR count). The summed E-state index contributed by atoms with van der Waals surface area (Å²) >= 11 is 5.75. The van der Waals surface area contributed by atoms with Crippen molar-refractivity contribution in [2.75, 3.05) is 6.61 Å². The molecule has 4 heteroatoms. The van der Waals surface area contributed by atoms with Gasteiger partial charge in [0.1, 0.15) is 12.4 Å². The van der Waals surface area contributed by atoms with Gasteiger partial charge in [0.15, 0.2) is 0 Å². The van der Waals surface area contributed by atoms with Crippen LogP contribution in [0.2, 0.25) is 5.02 Å². The molecule has 0 aromatic heterocycles. The Morgan fingerprint density at radius 1 is 1.41 bits per heavy atom. The second kappa shape index (κ2) is 6.30. The molecule has 0 bridgehead atoms. The Labute approximate surface area is 106 Å². The van der Waals surface area contributed by atoms with Gasteiger partial charge in [-0.3, -0.25) is 0 Å². The number of hydrogen-bond donors (Lipinski definition) is 1. The number of ether oxygens (including phenoxy) is 1. The van der Waals surface area contributed by atoms with Crippen LogP contribution in [0.3, 0.4) is 0 Å². The lowest BCUT2D eigenvalue weighted by molar-refractivity contribution is -0.131. The van der Waals surface area contributed by atoms with Crippen LogP contribution in [0.1, 0.15) is 13.8 Å². The molecule has 0 aliphatic heterocycles. The van der Waals surface area contributed by atoms with Crippen molar-refractivity contribution in [2.45, 2.75) is 13.8 Å². The van der Waals surface area contributed by atoms with E-state index in [-0.39, 0.29) is 12.5 Å². The number of benzene rings is 1. The summed E-state index contributed by atoms with van der Waals surface area (Å²) in [6, 6.07) is 6.96. The molecule has 1 aromatic carbocycles. The third-order valence-electron chi connectivity index (χ3n) is 2.27. The normalized spacial score (nSPS) is 11.6. The van der Waals surface area contributed by atoms with Crippen molar-refractivity contribution in [2.24, 2.45) is 5.92 Å². The zero-order valence-corrected chi connectivity index (χ0v) is 10.6. The maximum absolute atomic E-state index is 10.6. The highest BCUT2D eigenvalue weighted by Crippen LogP contribution is 2.17. The molecule has 0 fully saturated rings. The summed E-state index contributed by atoms with van der Waals surface area (Å²) in [6.07, 6.45) is 1.20. The van der Waals surface area contributed by atoms with Crippen molar-refractivity contribution in [3.8, 4) is 5.75 Å². The number of rotatable bonds is 5. The van der Waals surface area contributed by atoms with Gasteiger partial charge in [-0.1, -0.05) is 25.4 Å². The van der Waals surface area contributed by atoms with Gasteiger partial charge in [-0.05, 0) is 35.8 Å². The van der Waals surface area contributed by atoms with Gasteiger partial charge in [-0.2, -0.15) is 0 Å². The lowest BCUT2D eigenvalue weighted by atomic mass is 10.0. The van der Waals surface area contributed by atoms with Crippen molar-refractivity contribution in [3.05, 3.63) is 40.9 Å². The van der Waals surface area contributed by atoms with E-state index in [1.165, 1.54) is 6.08 Å². The van der Waals surface area contributed by atoms with Crippen molar-refractivity contribution >= 4 is 17.6 Å². The molecule has 0 heterocycles. The predicted molar refractivity (Wildman–Crippen MR) is 67.5 cm³/mol. The van der Waals surface area contributed by atoms with Gasteiger partial charge < -0.3 is 9.84 Å². The second-order valence-electron chi connectivity index (χ2n) is 3.95. The van der Waals surface area contributed by atoms with Crippen LogP contribution < -0.4 is 4.74 Å². The molecule has 92 valence electrons. The zero-order valence-electron chi connectivity index (χ0n) is 9.81. The minimum atomic E-state index is -0.951. The van der Waals surface area contributed by atoms with Gasteiger partial charge in [0.25, 0.3) is 0 Å². The molecule has 0 radical (unpaired) electrons. The van der Waals surface area contributed by atoms with Crippen LogP contribution in [0.4, 0.5) is 0 Å². The van der Waals surface area contributed by atoms with E-state index in [2.05, 4.69) is 0 Å². The molecular weight excluding hydrogens is 240 g/mol. The van der Waals surface area contributed by atoms with Crippen LogP contribution in [0.15, 0.2) is 35.9 Å². The molecule has 0 spiro atoms. The summed E-state index contributed by atoms with van der Waals surface area (Å²) in [5.74, 6) is -0.141. The van der Waals surface area contributed by atoms with Crippen LogP contribution >= 0.6 is 11.6 Å². The molecule has 3 nitrogen and oxygen atoms in total. The molecule has 17 heavy (non-hydrogen) atoms. The summed E-state index contributed by atoms with van der Waals surface area (Å²) in [4.78, 5) is 10.6. The van der Waals surface area contributed by atoms with Gasteiger partial charge in [0, 0.05) is 11.1 Å². The highest BCUT2D eigenvalue weighted by atomic mass is 35.5. The van der Waals surface area contributed by atoms with Crippen LogP contribution in [-0.2, 0) is 4.79 Å². The molecule has 0 saturated carbocycles. The van der Waals surface area contributed by atoms with E-state index >= 15 is 0 Å². The largest absolute Gasteiger partial charge is 0.489 e. The first-order valence-electron chi connectivity index (χ1n) is 5.31. The van der Waals surface area contributed by atoms with Gasteiger partial charge in [-0.25, -0.2) is 4.79 Å². The van der Waals surface area contributed by atoms with E-state index < -0.39 is 5.97 Å². The van der Waals surface area contributed by atoms with Crippen LogP contribution in [-0.4, -0.2) is 17.7 Å². The zero-order chi connectivity index (χ0) is 12.8. The molecular formula is C13H15ClO3. The minimum absolute atomic E-state index is 0.137. The molecule has 0 unspecified atom stereocenters. The third kappa shape index (κ3) is 4.91. The summed E-state index contributed by atoms with van der Waals surface area (Å²) < 4.78 is 5.50. The van der Waals surface area contributed by atoms with E-state index in [9.17, 15) is 4.79 Å². The number of carboxylic acid groups (broad SMARTS) is 1. The monoisotopic (exact) mass is 254 g/mol. The van der Waals surface area contributed by atoms with Gasteiger partial charge >= 0.3 is 5.97 Å². The van der Waals surface area contributed by atoms with Crippen LogP contribution in [0, 0.1) is 5.92 Å². The molecule has 0 saturated heterocycles. The quantitative estimate of drug-likeness (QED) is 0.820. The van der Waals surface area contributed by atoms with Crippen LogP contribution in [0.25, 0.3) is 0 Å². The Balaban J connectivity index is 2.64. The van der Waals surface area contributed by atoms with E-state index in [0.717, 1.165) is 5.57 Å². The molecule has 0 amide bonds. The topological polar surface area (TPSA) is 46.5 Å². The van der Waals surface area contributed by atoms with E-state index in [4.69, 9.17) is 21.4 Å². The molecule has 0 aliphatic carbocycles. The highest BCUT2D eigenvalue weighted by molar-refractivity contribution is 6.30. The maximum Gasteiger partial charge on any atom is 0.328 e. The number of aliphatic carboxylic acids is 1. The number of halogens is 1. The maximum atomic E-state index is 10.6. The average molecular weight is 255 g/mol. The summed E-state index contributed by atoms with van der Waals surface area (Å²) in [5.41, 5.74) is 0.743. The fourth-order valence-electron chi connectivity index (χ4n) is 1.23. The first-order valence-corrected chi connectivity index (χ1v) is 5.68. The summed E-state index contributed by atoms with van der Waals surface area (Å²) in [6.45, 7) is 4.13. The molecule has 0 aliphatic rings. The van der Waals surface area contributed by atoms with Gasteiger partial charge in [0.2, 0.25) is 0 Å². The Morgan fingerprint density at radius 2 is 2.00 bits per heavy atom. The molecule has 1 N–H and O–H groups in total.